The van der Waals surface area contributed by atoms with E-state index in [1.165, 1.54) is 43.2 Å². The van der Waals surface area contributed by atoms with Crippen LogP contribution in [0.4, 0.5) is 0 Å². The van der Waals surface area contributed by atoms with Crippen molar-refractivity contribution in [2.75, 3.05) is 40.3 Å². The summed E-state index contributed by atoms with van der Waals surface area (Å²) in [5, 5.41) is 6.74. The second-order valence-electron chi connectivity index (χ2n) is 5.96. The Hall–Kier alpha value is -0.490. The Morgan fingerprint density at radius 2 is 2.20 bits per heavy atom. The van der Waals surface area contributed by atoms with Crippen molar-refractivity contribution in [3.8, 4) is 0 Å². The third-order valence-corrected chi connectivity index (χ3v) is 4.86. The van der Waals surface area contributed by atoms with E-state index >= 15 is 0 Å². The van der Waals surface area contributed by atoms with Crippen molar-refractivity contribution in [2.24, 2.45) is 5.92 Å². The van der Waals surface area contributed by atoms with Crippen molar-refractivity contribution in [3.05, 3.63) is 16.1 Å². The van der Waals surface area contributed by atoms with Gasteiger partial charge in [-0.2, -0.15) is 0 Å². The Morgan fingerprint density at radius 1 is 1.45 bits per heavy atom. The number of piperidine rings is 1. The summed E-state index contributed by atoms with van der Waals surface area (Å²) in [6.07, 6.45) is 2.67. The fourth-order valence-electron chi connectivity index (χ4n) is 2.76. The van der Waals surface area contributed by atoms with Gasteiger partial charge in [0.2, 0.25) is 0 Å². The summed E-state index contributed by atoms with van der Waals surface area (Å²) in [7, 11) is 4.45. The fourth-order valence-corrected chi connectivity index (χ4v) is 3.52. The van der Waals surface area contributed by atoms with Crippen LogP contribution in [0.25, 0.3) is 0 Å². The third-order valence-electron chi connectivity index (χ3n) is 3.97. The SMILES string of the molecule is CCNCc1nc(CN(C)CC2CCN(C)CC2)cs1. The topological polar surface area (TPSA) is 31.4 Å². The molecule has 4 nitrogen and oxygen atoms in total. The molecule has 1 fully saturated rings. The zero-order valence-electron chi connectivity index (χ0n) is 13.1. The molecule has 0 bridgehead atoms. The zero-order chi connectivity index (χ0) is 14.4. The first-order valence-electron chi connectivity index (χ1n) is 7.68. The average molecular weight is 296 g/mol. The van der Waals surface area contributed by atoms with Crippen LogP contribution in [0.5, 0.6) is 0 Å². The van der Waals surface area contributed by atoms with Crippen molar-refractivity contribution in [1.82, 2.24) is 20.1 Å². The molecule has 114 valence electrons. The highest BCUT2D eigenvalue weighted by atomic mass is 32.1. The van der Waals surface area contributed by atoms with Crippen LogP contribution in [0.15, 0.2) is 5.38 Å². The van der Waals surface area contributed by atoms with Crippen LogP contribution in [0.3, 0.4) is 0 Å². The largest absolute Gasteiger partial charge is 0.311 e. The van der Waals surface area contributed by atoms with E-state index in [2.05, 4.69) is 41.5 Å². The molecule has 0 saturated carbocycles. The van der Waals surface area contributed by atoms with Crippen LogP contribution in [0.1, 0.15) is 30.5 Å². The summed E-state index contributed by atoms with van der Waals surface area (Å²) in [5.74, 6) is 0.857. The lowest BCUT2D eigenvalue weighted by atomic mass is 9.97. The molecule has 2 rings (SSSR count). The fraction of sp³-hybridized carbons (Fsp3) is 0.800. The maximum atomic E-state index is 4.70. The lowest BCUT2D eigenvalue weighted by Crippen LogP contribution is -2.35. The maximum Gasteiger partial charge on any atom is 0.107 e. The second-order valence-corrected chi connectivity index (χ2v) is 6.90. The molecule has 0 amide bonds. The summed E-state index contributed by atoms with van der Waals surface area (Å²) in [6, 6.07) is 0. The summed E-state index contributed by atoms with van der Waals surface area (Å²) in [4.78, 5) is 9.57. The molecule has 1 saturated heterocycles. The minimum absolute atomic E-state index is 0.857. The van der Waals surface area contributed by atoms with Gasteiger partial charge in [-0.1, -0.05) is 6.92 Å². The molecule has 2 heterocycles. The number of hydrogen-bond donors (Lipinski definition) is 1. The summed E-state index contributed by atoms with van der Waals surface area (Å²) >= 11 is 1.77. The standard InChI is InChI=1S/C15H28N4S/c1-4-16-9-15-17-14(12-20-15)11-19(3)10-13-5-7-18(2)8-6-13/h12-13,16H,4-11H2,1-3H3. The van der Waals surface area contributed by atoms with Gasteiger partial charge in [-0.15, -0.1) is 11.3 Å². The first-order chi connectivity index (χ1) is 9.67. The molecular weight excluding hydrogens is 268 g/mol. The lowest BCUT2D eigenvalue weighted by molar-refractivity contribution is 0.173. The van der Waals surface area contributed by atoms with Gasteiger partial charge in [-0.3, -0.25) is 0 Å². The molecule has 20 heavy (non-hydrogen) atoms. The van der Waals surface area contributed by atoms with Crippen LogP contribution in [0, 0.1) is 5.92 Å². The molecule has 0 radical (unpaired) electrons. The molecule has 0 aromatic carbocycles. The van der Waals surface area contributed by atoms with Crippen LogP contribution in [-0.2, 0) is 13.1 Å². The zero-order valence-corrected chi connectivity index (χ0v) is 13.9. The number of hydrogen-bond acceptors (Lipinski definition) is 5. The predicted octanol–water partition coefficient (Wildman–Crippen LogP) is 2.03. The number of likely N-dealkylation sites (tertiary alicyclic amines) is 1. The maximum absolute atomic E-state index is 4.70. The normalized spacial score (nSPS) is 18.0. The van der Waals surface area contributed by atoms with E-state index in [4.69, 9.17) is 4.98 Å². The molecule has 0 atom stereocenters. The van der Waals surface area contributed by atoms with E-state index in [-0.39, 0.29) is 0 Å². The Labute approximate surface area is 127 Å². The van der Waals surface area contributed by atoms with E-state index in [1.807, 2.05) is 0 Å². The third kappa shape index (κ3) is 5.13. The highest BCUT2D eigenvalue weighted by molar-refractivity contribution is 7.09. The Bertz CT molecular complexity index is 385. The van der Waals surface area contributed by atoms with E-state index in [0.717, 1.165) is 25.6 Å². The van der Waals surface area contributed by atoms with Gasteiger partial charge in [0, 0.05) is 25.0 Å². The Kier molecular flexibility index (Phi) is 6.42. The van der Waals surface area contributed by atoms with Crippen molar-refractivity contribution >= 4 is 11.3 Å². The van der Waals surface area contributed by atoms with Gasteiger partial charge in [0.15, 0.2) is 0 Å². The van der Waals surface area contributed by atoms with E-state index in [1.54, 1.807) is 11.3 Å². The van der Waals surface area contributed by atoms with Crippen molar-refractivity contribution in [1.29, 1.82) is 0 Å². The van der Waals surface area contributed by atoms with Crippen LogP contribution >= 0.6 is 11.3 Å². The number of nitrogens with one attached hydrogen (secondary N) is 1. The molecular formula is C15H28N4S. The van der Waals surface area contributed by atoms with Gasteiger partial charge < -0.3 is 15.1 Å². The second kappa shape index (κ2) is 8.08. The van der Waals surface area contributed by atoms with Crippen molar-refractivity contribution < 1.29 is 0 Å². The number of nitrogens with zero attached hydrogens (tertiary/aromatic N) is 3. The minimum Gasteiger partial charge on any atom is -0.311 e. The molecule has 1 N–H and O–H groups in total. The number of rotatable bonds is 7. The average Bonchev–Trinajstić information content (AvgIpc) is 2.86. The Morgan fingerprint density at radius 3 is 2.90 bits per heavy atom. The van der Waals surface area contributed by atoms with E-state index in [9.17, 15) is 0 Å². The molecule has 1 aliphatic rings. The highest BCUT2D eigenvalue weighted by Crippen LogP contribution is 2.18. The van der Waals surface area contributed by atoms with Gasteiger partial charge >= 0.3 is 0 Å². The van der Waals surface area contributed by atoms with E-state index < -0.39 is 0 Å². The van der Waals surface area contributed by atoms with Crippen LogP contribution < -0.4 is 5.32 Å². The van der Waals surface area contributed by atoms with Gasteiger partial charge in [0.25, 0.3) is 0 Å². The monoisotopic (exact) mass is 296 g/mol. The van der Waals surface area contributed by atoms with Crippen molar-refractivity contribution in [3.63, 3.8) is 0 Å². The summed E-state index contributed by atoms with van der Waals surface area (Å²) in [5.41, 5.74) is 1.22. The van der Waals surface area contributed by atoms with Gasteiger partial charge in [-0.05, 0) is 52.5 Å². The molecule has 0 unspecified atom stereocenters. The number of thiazole rings is 1. The lowest BCUT2D eigenvalue weighted by Gasteiger charge is -2.31. The summed E-state index contributed by atoms with van der Waals surface area (Å²) < 4.78 is 0. The molecule has 0 spiro atoms. The van der Waals surface area contributed by atoms with Gasteiger partial charge in [0.1, 0.15) is 5.01 Å². The highest BCUT2D eigenvalue weighted by Gasteiger charge is 2.18. The first kappa shape index (κ1) is 15.9. The van der Waals surface area contributed by atoms with E-state index in [0.29, 0.717) is 0 Å². The first-order valence-corrected chi connectivity index (χ1v) is 8.56. The minimum atomic E-state index is 0.857. The Balaban J connectivity index is 1.73. The molecule has 1 aromatic heterocycles. The van der Waals surface area contributed by atoms with Gasteiger partial charge in [0.05, 0.1) is 5.69 Å². The molecule has 0 aliphatic carbocycles. The van der Waals surface area contributed by atoms with Gasteiger partial charge in [-0.25, -0.2) is 4.98 Å². The van der Waals surface area contributed by atoms with Crippen molar-refractivity contribution in [2.45, 2.75) is 32.9 Å². The van der Waals surface area contributed by atoms with Crippen LogP contribution in [0.2, 0.25) is 0 Å². The molecule has 5 heteroatoms. The number of aromatic nitrogens is 1. The smallest absolute Gasteiger partial charge is 0.107 e. The van der Waals surface area contributed by atoms with Crippen LogP contribution in [-0.4, -0.2) is 55.1 Å². The molecule has 1 aliphatic heterocycles. The summed E-state index contributed by atoms with van der Waals surface area (Å²) in [6.45, 7) is 8.72. The quantitative estimate of drug-likeness (QED) is 0.834. The molecule has 1 aromatic rings. The predicted molar refractivity (Wildman–Crippen MR) is 86.0 cm³/mol.